The van der Waals surface area contributed by atoms with Crippen LogP contribution >= 0.6 is 0 Å². The molecule has 0 aliphatic carbocycles. The summed E-state index contributed by atoms with van der Waals surface area (Å²) in [7, 11) is 0. The number of nitrogen functional groups attached to an aromatic ring is 1. The zero-order valence-corrected chi connectivity index (χ0v) is 16.3. The van der Waals surface area contributed by atoms with Gasteiger partial charge in [-0.15, -0.1) is 0 Å². The van der Waals surface area contributed by atoms with Crippen LogP contribution in [0.2, 0.25) is 0 Å². The number of pyridine rings is 1. The average Bonchev–Trinajstić information content (AvgIpc) is 2.74. The van der Waals surface area contributed by atoms with Crippen LogP contribution in [-0.4, -0.2) is 21.5 Å². The maximum Gasteiger partial charge on any atom is 0.137 e. The first-order chi connectivity index (χ1) is 14.2. The Balaban J connectivity index is 1.36. The van der Waals surface area contributed by atoms with Crippen molar-refractivity contribution in [2.75, 3.05) is 17.6 Å². The molecule has 0 bridgehead atoms. The molecule has 0 saturated carbocycles. The maximum atomic E-state index is 5.91. The van der Waals surface area contributed by atoms with Crippen molar-refractivity contribution < 1.29 is 4.74 Å². The molecular weight excluding hydrogens is 362 g/mol. The molecule has 4 rings (SSSR count). The van der Waals surface area contributed by atoms with Crippen molar-refractivity contribution in [1.29, 1.82) is 0 Å². The van der Waals surface area contributed by atoms with Crippen LogP contribution in [0.4, 0.5) is 11.5 Å². The standard InChI is InChI=1S/C23H23N5O/c1-16-5-6-18(13-26-16)14-29-20-4-2-3-17(11-20)9-10-25-23-21-12-19(24)7-8-22(21)27-15-28-23/h2-8,11-13,15H,9-10,14,24H2,1H3,(H,25,27,28). The fraction of sp³-hybridized carbons (Fsp3) is 0.174. The van der Waals surface area contributed by atoms with Crippen molar-refractivity contribution in [3.63, 3.8) is 0 Å². The van der Waals surface area contributed by atoms with Crippen LogP contribution in [0.15, 0.2) is 67.1 Å². The van der Waals surface area contributed by atoms with Crippen LogP contribution in [0.5, 0.6) is 5.75 Å². The number of rotatable bonds is 7. The highest BCUT2D eigenvalue weighted by molar-refractivity contribution is 5.91. The number of nitrogens with one attached hydrogen (secondary N) is 1. The molecule has 0 aliphatic rings. The van der Waals surface area contributed by atoms with E-state index >= 15 is 0 Å². The second kappa shape index (κ2) is 8.56. The smallest absolute Gasteiger partial charge is 0.137 e. The lowest BCUT2D eigenvalue weighted by Gasteiger charge is -2.10. The van der Waals surface area contributed by atoms with E-state index in [2.05, 4.69) is 32.4 Å². The predicted octanol–water partition coefficient (Wildman–Crippen LogP) is 4.15. The van der Waals surface area contributed by atoms with Crippen molar-refractivity contribution in [3.8, 4) is 5.75 Å². The van der Waals surface area contributed by atoms with Crippen molar-refractivity contribution in [1.82, 2.24) is 15.0 Å². The highest BCUT2D eigenvalue weighted by Crippen LogP contribution is 2.22. The van der Waals surface area contributed by atoms with Gasteiger partial charge in [0.05, 0.1) is 5.52 Å². The molecule has 0 unspecified atom stereocenters. The van der Waals surface area contributed by atoms with Gasteiger partial charge in [-0.05, 0) is 55.3 Å². The summed E-state index contributed by atoms with van der Waals surface area (Å²) in [6.07, 6.45) is 4.26. The van der Waals surface area contributed by atoms with Gasteiger partial charge in [0.15, 0.2) is 0 Å². The monoisotopic (exact) mass is 385 g/mol. The minimum atomic E-state index is 0.503. The molecule has 0 radical (unpaired) electrons. The highest BCUT2D eigenvalue weighted by atomic mass is 16.5. The first-order valence-electron chi connectivity index (χ1n) is 9.55. The Morgan fingerprint density at radius 2 is 1.90 bits per heavy atom. The lowest BCUT2D eigenvalue weighted by Crippen LogP contribution is -2.07. The van der Waals surface area contributed by atoms with Crippen molar-refractivity contribution >= 4 is 22.4 Å². The fourth-order valence-corrected chi connectivity index (χ4v) is 3.08. The third-order valence-corrected chi connectivity index (χ3v) is 4.64. The normalized spacial score (nSPS) is 10.8. The molecule has 0 spiro atoms. The lowest BCUT2D eigenvalue weighted by molar-refractivity contribution is 0.305. The minimum Gasteiger partial charge on any atom is -0.489 e. The van der Waals surface area contributed by atoms with Crippen molar-refractivity contribution in [3.05, 3.63) is 83.9 Å². The minimum absolute atomic E-state index is 0.503. The molecule has 0 atom stereocenters. The summed E-state index contributed by atoms with van der Waals surface area (Å²) in [5.41, 5.74) is 10.7. The number of ether oxygens (including phenoxy) is 1. The number of hydrogen-bond donors (Lipinski definition) is 2. The molecule has 0 saturated heterocycles. The molecule has 0 aliphatic heterocycles. The van der Waals surface area contributed by atoms with Gasteiger partial charge in [0.2, 0.25) is 0 Å². The Hall–Kier alpha value is -3.67. The Kier molecular flexibility index (Phi) is 5.52. The van der Waals surface area contributed by atoms with E-state index in [1.807, 2.05) is 55.6 Å². The molecule has 2 heterocycles. The number of fused-ring (bicyclic) bond motifs is 1. The highest BCUT2D eigenvalue weighted by Gasteiger charge is 2.04. The van der Waals surface area contributed by atoms with Crippen LogP contribution in [0.1, 0.15) is 16.8 Å². The van der Waals surface area contributed by atoms with Gasteiger partial charge in [-0.1, -0.05) is 18.2 Å². The summed E-state index contributed by atoms with van der Waals surface area (Å²) < 4.78 is 5.91. The number of nitrogens with zero attached hydrogens (tertiary/aromatic N) is 3. The molecule has 3 N–H and O–H groups in total. The van der Waals surface area contributed by atoms with Gasteiger partial charge in [0.1, 0.15) is 24.5 Å². The Morgan fingerprint density at radius 1 is 0.966 bits per heavy atom. The Bertz CT molecular complexity index is 1110. The first kappa shape index (κ1) is 18.7. The summed E-state index contributed by atoms with van der Waals surface area (Å²) in [6, 6.07) is 17.8. The number of nitrogens with two attached hydrogens (primary N) is 1. The van der Waals surface area contributed by atoms with Crippen LogP contribution < -0.4 is 15.8 Å². The number of anilines is 2. The topological polar surface area (TPSA) is 86.0 Å². The molecule has 0 amide bonds. The summed E-state index contributed by atoms with van der Waals surface area (Å²) in [5.74, 6) is 1.64. The Morgan fingerprint density at radius 3 is 2.76 bits per heavy atom. The zero-order chi connectivity index (χ0) is 20.1. The van der Waals surface area contributed by atoms with E-state index in [4.69, 9.17) is 10.5 Å². The van der Waals surface area contributed by atoms with Gasteiger partial charge in [0.25, 0.3) is 0 Å². The average molecular weight is 385 g/mol. The molecule has 2 aromatic heterocycles. The summed E-state index contributed by atoms with van der Waals surface area (Å²) in [6.45, 7) is 3.22. The molecule has 0 fully saturated rings. The predicted molar refractivity (Wildman–Crippen MR) is 116 cm³/mol. The first-order valence-corrected chi connectivity index (χ1v) is 9.55. The van der Waals surface area contributed by atoms with Crippen molar-refractivity contribution in [2.24, 2.45) is 0 Å². The second-order valence-corrected chi connectivity index (χ2v) is 6.92. The Labute approximate surface area is 169 Å². The second-order valence-electron chi connectivity index (χ2n) is 6.92. The van der Waals surface area contributed by atoms with E-state index in [1.54, 1.807) is 6.33 Å². The van der Waals surface area contributed by atoms with E-state index in [0.717, 1.165) is 46.7 Å². The number of aryl methyl sites for hydroxylation is 1. The lowest BCUT2D eigenvalue weighted by atomic mass is 10.1. The SMILES string of the molecule is Cc1ccc(COc2cccc(CCNc3ncnc4ccc(N)cc34)c2)cn1. The van der Waals surface area contributed by atoms with Crippen LogP contribution in [-0.2, 0) is 13.0 Å². The zero-order valence-electron chi connectivity index (χ0n) is 16.3. The molecule has 6 heteroatoms. The van der Waals surface area contributed by atoms with Gasteiger partial charge in [-0.25, -0.2) is 9.97 Å². The van der Waals surface area contributed by atoms with E-state index in [1.165, 1.54) is 5.56 Å². The third-order valence-electron chi connectivity index (χ3n) is 4.64. The molecule has 146 valence electrons. The van der Waals surface area contributed by atoms with Gasteiger partial charge in [-0.2, -0.15) is 0 Å². The van der Waals surface area contributed by atoms with Gasteiger partial charge < -0.3 is 15.8 Å². The third kappa shape index (κ3) is 4.79. The van der Waals surface area contributed by atoms with Gasteiger partial charge in [0, 0.05) is 35.1 Å². The van der Waals surface area contributed by atoms with Crippen LogP contribution in [0.25, 0.3) is 10.9 Å². The van der Waals surface area contributed by atoms with Crippen molar-refractivity contribution in [2.45, 2.75) is 20.0 Å². The molecular formula is C23H23N5O. The van der Waals surface area contributed by atoms with E-state index in [0.29, 0.717) is 12.3 Å². The number of benzene rings is 2. The summed E-state index contributed by atoms with van der Waals surface area (Å²) in [5, 5.41) is 4.32. The van der Waals surface area contributed by atoms with E-state index < -0.39 is 0 Å². The van der Waals surface area contributed by atoms with E-state index in [-0.39, 0.29) is 0 Å². The molecule has 2 aromatic carbocycles. The quantitative estimate of drug-likeness (QED) is 0.465. The fourth-order valence-electron chi connectivity index (χ4n) is 3.08. The molecule has 6 nitrogen and oxygen atoms in total. The van der Waals surface area contributed by atoms with Crippen LogP contribution in [0.3, 0.4) is 0 Å². The molecule has 29 heavy (non-hydrogen) atoms. The maximum absolute atomic E-state index is 5.91. The van der Waals surface area contributed by atoms with Gasteiger partial charge in [-0.3, -0.25) is 4.98 Å². The van der Waals surface area contributed by atoms with Crippen LogP contribution in [0, 0.1) is 6.92 Å². The number of aromatic nitrogens is 3. The van der Waals surface area contributed by atoms with E-state index in [9.17, 15) is 0 Å². The largest absolute Gasteiger partial charge is 0.489 e. The molecule has 4 aromatic rings. The number of hydrogen-bond acceptors (Lipinski definition) is 6. The summed E-state index contributed by atoms with van der Waals surface area (Å²) in [4.78, 5) is 12.9. The summed E-state index contributed by atoms with van der Waals surface area (Å²) >= 11 is 0. The van der Waals surface area contributed by atoms with Gasteiger partial charge >= 0.3 is 0 Å².